The molecule has 5 heteroatoms. The van der Waals surface area contributed by atoms with Gasteiger partial charge in [0.25, 0.3) is 0 Å². The summed E-state index contributed by atoms with van der Waals surface area (Å²) >= 11 is 0. The summed E-state index contributed by atoms with van der Waals surface area (Å²) in [7, 11) is 3.08. The Morgan fingerprint density at radius 1 is 0.625 bits per heavy atom. The van der Waals surface area contributed by atoms with Crippen LogP contribution in [0.25, 0.3) is 0 Å². The lowest BCUT2D eigenvalue weighted by molar-refractivity contribution is -0.115. The second kappa shape index (κ2) is 9.25. The number of hydrogen-bond acceptors (Lipinski definition) is 5. The molecule has 0 bridgehead atoms. The molecule has 0 fully saturated rings. The molecule has 2 rings (SSSR count). The van der Waals surface area contributed by atoms with E-state index in [-0.39, 0.29) is 5.78 Å². The molecule has 0 amide bonds. The van der Waals surface area contributed by atoms with Gasteiger partial charge in [0.2, 0.25) is 11.6 Å². The van der Waals surface area contributed by atoms with Crippen LogP contribution in [-0.2, 0) is 4.79 Å². The summed E-state index contributed by atoms with van der Waals surface area (Å²) in [6, 6.07) is 12.9. The summed E-state index contributed by atoms with van der Waals surface area (Å²) in [6.45, 7) is 3.06. The molecule has 5 nitrogen and oxygen atoms in total. The largest absolute Gasteiger partial charge is 0.497 e. The molecule has 0 unspecified atom stereocenters. The van der Waals surface area contributed by atoms with Crippen molar-refractivity contribution in [2.75, 3.05) is 14.2 Å². The SMILES string of the molecule is CC(C)=O.COc1ccc(C(=O)C(=O)c2ccc(OC)cc2)cc1. The van der Waals surface area contributed by atoms with Gasteiger partial charge in [-0.25, -0.2) is 0 Å². The maximum absolute atomic E-state index is 12.1. The standard InChI is InChI=1S/C16H14O4.C3H6O/c1-19-13-7-3-11(4-8-13)15(17)16(18)12-5-9-14(20-2)10-6-12;1-3(2)4/h3-10H,1-2H3;1-2H3. The van der Waals surface area contributed by atoms with Gasteiger partial charge in [-0.2, -0.15) is 0 Å². The molecule has 0 aliphatic carbocycles. The van der Waals surface area contributed by atoms with Crippen LogP contribution in [0.4, 0.5) is 0 Å². The predicted molar refractivity (Wildman–Crippen MR) is 91.0 cm³/mol. The van der Waals surface area contributed by atoms with Gasteiger partial charge >= 0.3 is 0 Å². The molecule has 0 atom stereocenters. The van der Waals surface area contributed by atoms with Gasteiger partial charge in [0.1, 0.15) is 17.3 Å². The van der Waals surface area contributed by atoms with Gasteiger partial charge in [-0.05, 0) is 62.4 Å². The molecule has 0 aromatic heterocycles. The Kier molecular flexibility index (Phi) is 7.36. The Labute approximate surface area is 141 Å². The zero-order chi connectivity index (χ0) is 18.1. The Hall–Kier alpha value is -2.95. The summed E-state index contributed by atoms with van der Waals surface area (Å²) in [5, 5.41) is 0. The second-order valence-electron chi connectivity index (χ2n) is 5.02. The lowest BCUT2D eigenvalue weighted by Crippen LogP contribution is -2.14. The van der Waals surface area contributed by atoms with Crippen molar-refractivity contribution in [2.45, 2.75) is 13.8 Å². The first-order valence-corrected chi connectivity index (χ1v) is 7.23. The summed E-state index contributed by atoms with van der Waals surface area (Å²) in [5.74, 6) is 0.354. The maximum Gasteiger partial charge on any atom is 0.233 e. The molecule has 0 spiro atoms. The van der Waals surface area contributed by atoms with Crippen LogP contribution in [-0.4, -0.2) is 31.6 Å². The third-order valence-corrected chi connectivity index (χ3v) is 2.91. The molecule has 0 aliphatic rings. The second-order valence-corrected chi connectivity index (χ2v) is 5.02. The van der Waals surface area contributed by atoms with E-state index >= 15 is 0 Å². The average Bonchev–Trinajstić information content (AvgIpc) is 2.60. The van der Waals surface area contributed by atoms with Crippen molar-refractivity contribution in [3.8, 4) is 11.5 Å². The molecular formula is C19H20O5. The van der Waals surface area contributed by atoms with Crippen LogP contribution >= 0.6 is 0 Å². The summed E-state index contributed by atoms with van der Waals surface area (Å²) in [4.78, 5) is 33.6. The molecule has 2 aromatic carbocycles. The highest BCUT2D eigenvalue weighted by Crippen LogP contribution is 2.16. The summed E-state index contributed by atoms with van der Waals surface area (Å²) in [6.07, 6.45) is 0. The van der Waals surface area contributed by atoms with Gasteiger partial charge in [0.05, 0.1) is 14.2 Å². The topological polar surface area (TPSA) is 69.7 Å². The Bertz CT molecular complexity index is 638. The smallest absolute Gasteiger partial charge is 0.233 e. The highest BCUT2D eigenvalue weighted by molar-refractivity contribution is 6.49. The molecule has 24 heavy (non-hydrogen) atoms. The zero-order valence-corrected chi connectivity index (χ0v) is 14.2. The highest BCUT2D eigenvalue weighted by atomic mass is 16.5. The molecule has 0 heterocycles. The molecule has 0 aliphatic heterocycles. The van der Waals surface area contributed by atoms with Gasteiger partial charge in [-0.15, -0.1) is 0 Å². The number of rotatable bonds is 5. The van der Waals surface area contributed by atoms with E-state index in [2.05, 4.69) is 0 Å². The van der Waals surface area contributed by atoms with Crippen LogP contribution in [0, 0.1) is 0 Å². The normalized spacial score (nSPS) is 9.33. The minimum absolute atomic E-state index is 0.167. The monoisotopic (exact) mass is 328 g/mol. The van der Waals surface area contributed by atoms with Crippen LogP contribution in [0.5, 0.6) is 11.5 Å². The van der Waals surface area contributed by atoms with E-state index in [1.807, 2.05) is 0 Å². The number of carbonyl (C=O) groups excluding carboxylic acids is 3. The van der Waals surface area contributed by atoms with Gasteiger partial charge in [-0.1, -0.05) is 0 Å². The molecular weight excluding hydrogens is 308 g/mol. The van der Waals surface area contributed by atoms with Crippen molar-refractivity contribution in [1.29, 1.82) is 0 Å². The quantitative estimate of drug-likeness (QED) is 0.622. The van der Waals surface area contributed by atoms with Crippen LogP contribution in [0.15, 0.2) is 48.5 Å². The van der Waals surface area contributed by atoms with Gasteiger partial charge in [0.15, 0.2) is 0 Å². The van der Waals surface area contributed by atoms with E-state index in [1.165, 1.54) is 13.8 Å². The van der Waals surface area contributed by atoms with Gasteiger partial charge in [0, 0.05) is 11.1 Å². The highest BCUT2D eigenvalue weighted by Gasteiger charge is 2.18. The average molecular weight is 328 g/mol. The number of benzene rings is 2. The fourth-order valence-corrected chi connectivity index (χ4v) is 1.75. The number of Topliss-reactive ketones (excluding diaryl/α,β-unsaturated/α-hetero) is 3. The first-order valence-electron chi connectivity index (χ1n) is 7.23. The first-order chi connectivity index (χ1) is 11.4. The van der Waals surface area contributed by atoms with E-state index in [0.717, 1.165) is 0 Å². The lowest BCUT2D eigenvalue weighted by Gasteiger charge is -2.04. The third-order valence-electron chi connectivity index (χ3n) is 2.91. The van der Waals surface area contributed by atoms with E-state index in [0.29, 0.717) is 22.6 Å². The lowest BCUT2D eigenvalue weighted by atomic mass is 10.0. The summed E-state index contributed by atoms with van der Waals surface area (Å²) in [5.41, 5.74) is 0.679. The Balaban J connectivity index is 0.000000648. The maximum atomic E-state index is 12.1. The van der Waals surface area contributed by atoms with Crippen molar-refractivity contribution >= 4 is 17.3 Å². The fourth-order valence-electron chi connectivity index (χ4n) is 1.75. The molecule has 126 valence electrons. The number of ketones is 3. The van der Waals surface area contributed by atoms with Crippen LogP contribution in [0.3, 0.4) is 0 Å². The van der Waals surface area contributed by atoms with Crippen molar-refractivity contribution in [3.05, 3.63) is 59.7 Å². The van der Waals surface area contributed by atoms with Crippen LogP contribution in [0.2, 0.25) is 0 Å². The van der Waals surface area contributed by atoms with Crippen LogP contribution < -0.4 is 9.47 Å². The minimum atomic E-state index is -0.544. The molecule has 0 saturated carbocycles. The molecule has 0 radical (unpaired) electrons. The van der Waals surface area contributed by atoms with E-state index < -0.39 is 11.6 Å². The Morgan fingerprint density at radius 3 is 1.08 bits per heavy atom. The predicted octanol–water partition coefficient (Wildman–Crippen LogP) is 3.36. The van der Waals surface area contributed by atoms with Crippen molar-refractivity contribution in [2.24, 2.45) is 0 Å². The fraction of sp³-hybridized carbons (Fsp3) is 0.211. The molecule has 0 N–H and O–H groups in total. The minimum Gasteiger partial charge on any atom is -0.497 e. The molecule has 2 aromatic rings. The van der Waals surface area contributed by atoms with Crippen LogP contribution in [0.1, 0.15) is 34.6 Å². The third kappa shape index (κ3) is 5.68. The number of methoxy groups -OCH3 is 2. The first kappa shape index (κ1) is 19.1. The van der Waals surface area contributed by atoms with Crippen molar-refractivity contribution < 1.29 is 23.9 Å². The zero-order valence-electron chi connectivity index (χ0n) is 14.2. The van der Waals surface area contributed by atoms with E-state index in [4.69, 9.17) is 9.47 Å². The number of carbonyl (C=O) groups is 3. The number of ether oxygens (including phenoxy) is 2. The van der Waals surface area contributed by atoms with Gasteiger partial charge in [-0.3, -0.25) is 9.59 Å². The summed E-state index contributed by atoms with van der Waals surface area (Å²) < 4.78 is 10.0. The number of hydrogen-bond donors (Lipinski definition) is 0. The van der Waals surface area contributed by atoms with Gasteiger partial charge < -0.3 is 14.3 Å². The van der Waals surface area contributed by atoms with E-state index in [9.17, 15) is 14.4 Å². The van der Waals surface area contributed by atoms with E-state index in [1.54, 1.807) is 62.8 Å². The molecule has 0 saturated heterocycles. The Morgan fingerprint density at radius 2 is 0.875 bits per heavy atom. The van der Waals surface area contributed by atoms with Crippen molar-refractivity contribution in [1.82, 2.24) is 0 Å². The van der Waals surface area contributed by atoms with Crippen molar-refractivity contribution in [3.63, 3.8) is 0 Å².